The summed E-state index contributed by atoms with van der Waals surface area (Å²) in [6, 6.07) is -1.68. The molecule has 2 atom stereocenters. The minimum Gasteiger partial charge on any atom is -0.480 e. The van der Waals surface area contributed by atoms with Crippen LogP contribution in [0.2, 0.25) is 0 Å². The highest BCUT2D eigenvalue weighted by molar-refractivity contribution is 5.86. The Balaban J connectivity index is 4.21. The summed E-state index contributed by atoms with van der Waals surface area (Å²) >= 11 is 0. The van der Waals surface area contributed by atoms with Crippen LogP contribution in [-0.4, -0.2) is 41.6 Å². The zero-order chi connectivity index (χ0) is 15.7. The summed E-state index contributed by atoms with van der Waals surface area (Å²) in [6.45, 7) is 4.16. The van der Waals surface area contributed by atoms with Crippen LogP contribution in [0.5, 0.6) is 0 Å². The highest BCUT2D eigenvalue weighted by Crippen LogP contribution is 2.06. The third-order valence-electron chi connectivity index (χ3n) is 2.63. The average Bonchev–Trinajstić information content (AvgIpc) is 2.32. The minimum absolute atomic E-state index is 0.00843. The number of nitrogens with zero attached hydrogens (tertiary/aromatic N) is 1. The van der Waals surface area contributed by atoms with Crippen LogP contribution < -0.4 is 22.5 Å². The van der Waals surface area contributed by atoms with E-state index in [0.29, 0.717) is 25.8 Å². The summed E-state index contributed by atoms with van der Waals surface area (Å²) in [4.78, 5) is 26.6. The Hall–Kier alpha value is -1.83. The van der Waals surface area contributed by atoms with Gasteiger partial charge in [-0.15, -0.1) is 0 Å². The number of guanidine groups is 1. The van der Waals surface area contributed by atoms with Gasteiger partial charge in [-0.05, 0) is 25.2 Å². The molecule has 0 radical (unpaired) electrons. The van der Waals surface area contributed by atoms with Gasteiger partial charge in [0.1, 0.15) is 6.04 Å². The van der Waals surface area contributed by atoms with Crippen molar-refractivity contribution in [3.8, 4) is 0 Å². The van der Waals surface area contributed by atoms with Crippen molar-refractivity contribution >= 4 is 17.8 Å². The maximum Gasteiger partial charge on any atom is 0.326 e. The lowest BCUT2D eigenvalue weighted by molar-refractivity contribution is -0.142. The van der Waals surface area contributed by atoms with Gasteiger partial charge in [-0.1, -0.05) is 13.8 Å². The molecule has 0 fully saturated rings. The van der Waals surface area contributed by atoms with E-state index in [-0.39, 0.29) is 11.9 Å². The van der Waals surface area contributed by atoms with Crippen molar-refractivity contribution < 1.29 is 14.7 Å². The third-order valence-corrected chi connectivity index (χ3v) is 2.63. The van der Waals surface area contributed by atoms with Gasteiger partial charge in [0.25, 0.3) is 0 Å². The van der Waals surface area contributed by atoms with Crippen LogP contribution in [0.4, 0.5) is 0 Å². The van der Waals surface area contributed by atoms with Crippen molar-refractivity contribution in [1.82, 2.24) is 5.32 Å². The maximum absolute atomic E-state index is 11.8. The van der Waals surface area contributed by atoms with E-state index in [1.807, 2.05) is 13.8 Å². The SMILES string of the molecule is CC(C)CC(NC(=O)C(N)CCCN=C(N)N)C(=O)O. The second kappa shape index (κ2) is 9.13. The molecule has 0 aromatic heterocycles. The molecule has 0 aliphatic rings. The van der Waals surface area contributed by atoms with Crippen molar-refractivity contribution in [2.24, 2.45) is 28.1 Å². The first-order valence-electron chi connectivity index (χ1n) is 6.58. The Kier molecular flexibility index (Phi) is 8.30. The fraction of sp³-hybridized carbons (Fsp3) is 0.750. The molecule has 8 N–H and O–H groups in total. The molecule has 8 nitrogen and oxygen atoms in total. The van der Waals surface area contributed by atoms with Crippen molar-refractivity contribution in [2.75, 3.05) is 6.54 Å². The Morgan fingerprint density at radius 1 is 1.30 bits per heavy atom. The molecule has 0 saturated heterocycles. The molecule has 8 heteroatoms. The van der Waals surface area contributed by atoms with Gasteiger partial charge in [0, 0.05) is 6.54 Å². The first-order valence-corrected chi connectivity index (χ1v) is 6.58. The van der Waals surface area contributed by atoms with Crippen LogP contribution in [0.3, 0.4) is 0 Å². The first-order chi connectivity index (χ1) is 9.23. The lowest BCUT2D eigenvalue weighted by atomic mass is 10.0. The molecule has 0 bridgehead atoms. The Bertz CT molecular complexity index is 353. The molecule has 1 amide bonds. The predicted molar refractivity (Wildman–Crippen MR) is 76.9 cm³/mol. The molecular formula is C12H25N5O3. The Morgan fingerprint density at radius 3 is 2.35 bits per heavy atom. The number of hydrogen-bond donors (Lipinski definition) is 5. The van der Waals surface area contributed by atoms with E-state index in [9.17, 15) is 9.59 Å². The highest BCUT2D eigenvalue weighted by atomic mass is 16.4. The van der Waals surface area contributed by atoms with Gasteiger partial charge in [-0.3, -0.25) is 9.79 Å². The van der Waals surface area contributed by atoms with Gasteiger partial charge in [0.05, 0.1) is 6.04 Å². The molecule has 0 spiro atoms. The Morgan fingerprint density at radius 2 is 1.90 bits per heavy atom. The summed E-state index contributed by atoms with van der Waals surface area (Å²) in [7, 11) is 0. The molecule has 0 aromatic rings. The molecule has 0 heterocycles. The van der Waals surface area contributed by atoms with Gasteiger partial charge >= 0.3 is 5.97 Å². The molecule has 116 valence electrons. The van der Waals surface area contributed by atoms with E-state index >= 15 is 0 Å². The summed E-state index contributed by atoms with van der Waals surface area (Å²) in [5.41, 5.74) is 16.0. The standard InChI is InChI=1S/C12H25N5O3/c1-7(2)6-9(11(19)20)17-10(18)8(13)4-3-5-16-12(14)15/h7-9H,3-6,13H2,1-2H3,(H,17,18)(H,19,20)(H4,14,15,16). The number of amides is 1. The average molecular weight is 287 g/mol. The normalized spacial score (nSPS) is 13.6. The van der Waals surface area contributed by atoms with E-state index in [1.165, 1.54) is 0 Å². The lowest BCUT2D eigenvalue weighted by Crippen LogP contribution is -2.48. The van der Waals surface area contributed by atoms with Gasteiger partial charge in [-0.2, -0.15) is 0 Å². The summed E-state index contributed by atoms with van der Waals surface area (Å²) < 4.78 is 0. The summed E-state index contributed by atoms with van der Waals surface area (Å²) in [6.07, 6.45) is 1.30. The van der Waals surface area contributed by atoms with E-state index in [0.717, 1.165) is 0 Å². The lowest BCUT2D eigenvalue weighted by Gasteiger charge is -2.19. The van der Waals surface area contributed by atoms with E-state index in [4.69, 9.17) is 22.3 Å². The number of rotatable bonds is 9. The zero-order valence-corrected chi connectivity index (χ0v) is 12.0. The van der Waals surface area contributed by atoms with Crippen LogP contribution in [0.15, 0.2) is 4.99 Å². The molecule has 0 aliphatic heterocycles. The van der Waals surface area contributed by atoms with Gasteiger partial charge < -0.3 is 27.6 Å². The number of nitrogens with two attached hydrogens (primary N) is 3. The first kappa shape index (κ1) is 18.2. The van der Waals surface area contributed by atoms with E-state index in [2.05, 4.69) is 10.3 Å². The number of aliphatic imine (C=N–C) groups is 1. The van der Waals surface area contributed by atoms with Gasteiger partial charge in [0.15, 0.2) is 5.96 Å². The van der Waals surface area contributed by atoms with Crippen LogP contribution in [0.1, 0.15) is 33.1 Å². The number of carbonyl (C=O) groups is 2. The number of hydrogen-bond acceptors (Lipinski definition) is 4. The van der Waals surface area contributed by atoms with Crippen molar-refractivity contribution in [3.63, 3.8) is 0 Å². The third kappa shape index (κ3) is 8.30. The van der Waals surface area contributed by atoms with Gasteiger partial charge in [-0.25, -0.2) is 4.79 Å². The number of carboxylic acid groups (broad SMARTS) is 1. The van der Waals surface area contributed by atoms with E-state index < -0.39 is 24.0 Å². The molecule has 0 rings (SSSR count). The number of carboxylic acids is 1. The monoisotopic (exact) mass is 287 g/mol. The van der Waals surface area contributed by atoms with Crippen LogP contribution in [0, 0.1) is 5.92 Å². The van der Waals surface area contributed by atoms with E-state index in [1.54, 1.807) is 0 Å². The molecular weight excluding hydrogens is 262 g/mol. The van der Waals surface area contributed by atoms with Crippen LogP contribution in [-0.2, 0) is 9.59 Å². The summed E-state index contributed by atoms with van der Waals surface area (Å²) in [5.74, 6) is -1.37. The topological polar surface area (TPSA) is 157 Å². The number of carbonyl (C=O) groups excluding carboxylic acids is 1. The smallest absolute Gasteiger partial charge is 0.326 e. The largest absolute Gasteiger partial charge is 0.480 e. The maximum atomic E-state index is 11.8. The second-order valence-corrected chi connectivity index (χ2v) is 5.08. The number of nitrogens with one attached hydrogen (secondary N) is 1. The van der Waals surface area contributed by atoms with Crippen LogP contribution in [0.25, 0.3) is 0 Å². The van der Waals surface area contributed by atoms with Crippen LogP contribution >= 0.6 is 0 Å². The fourth-order valence-corrected chi connectivity index (χ4v) is 1.62. The predicted octanol–water partition coefficient (Wildman–Crippen LogP) is -1.02. The Labute approximate surface area is 118 Å². The quantitative estimate of drug-likeness (QED) is 0.207. The van der Waals surface area contributed by atoms with Gasteiger partial charge in [0.2, 0.25) is 5.91 Å². The second-order valence-electron chi connectivity index (χ2n) is 5.08. The minimum atomic E-state index is -1.06. The molecule has 0 aromatic carbocycles. The zero-order valence-electron chi connectivity index (χ0n) is 12.0. The summed E-state index contributed by atoms with van der Waals surface area (Å²) in [5, 5.41) is 11.5. The van der Waals surface area contributed by atoms with Crippen molar-refractivity contribution in [2.45, 2.75) is 45.2 Å². The molecule has 0 saturated carbocycles. The van der Waals surface area contributed by atoms with Crippen molar-refractivity contribution in [3.05, 3.63) is 0 Å². The fourth-order valence-electron chi connectivity index (χ4n) is 1.62. The van der Waals surface area contributed by atoms with Crippen molar-refractivity contribution in [1.29, 1.82) is 0 Å². The number of aliphatic carboxylic acids is 1. The highest BCUT2D eigenvalue weighted by Gasteiger charge is 2.23. The molecule has 2 unspecified atom stereocenters. The molecule has 20 heavy (non-hydrogen) atoms. The molecule has 0 aliphatic carbocycles.